The molecule has 1 aliphatic carbocycles. The van der Waals surface area contributed by atoms with Crippen molar-refractivity contribution in [2.45, 2.75) is 64.1 Å². The number of hydrogen-bond acceptors (Lipinski definition) is 5. The number of aromatic amines is 1. The maximum Gasteiger partial charge on any atom is 0.263 e. The van der Waals surface area contributed by atoms with Crippen molar-refractivity contribution >= 4 is 17.0 Å². The zero-order valence-corrected chi connectivity index (χ0v) is 14.7. The number of rotatable bonds is 3. The Balaban J connectivity index is 1.55. The SMILES string of the molecule is CC(C)(C)n1ncc2c(=O)[nH]c(NC3CCN(C4CC4)CC3)nc21. The van der Waals surface area contributed by atoms with Gasteiger partial charge in [0.1, 0.15) is 5.39 Å². The Labute approximate surface area is 141 Å². The smallest absolute Gasteiger partial charge is 0.263 e. The molecule has 2 aliphatic rings. The highest BCUT2D eigenvalue weighted by Crippen LogP contribution is 2.29. The van der Waals surface area contributed by atoms with E-state index >= 15 is 0 Å². The molecule has 0 bridgehead atoms. The lowest BCUT2D eigenvalue weighted by molar-refractivity contribution is 0.209. The second-order valence-electron chi connectivity index (χ2n) is 8.06. The van der Waals surface area contributed by atoms with Gasteiger partial charge in [0.2, 0.25) is 5.95 Å². The van der Waals surface area contributed by atoms with Gasteiger partial charge in [-0.2, -0.15) is 10.1 Å². The van der Waals surface area contributed by atoms with E-state index in [1.165, 1.54) is 12.8 Å². The fourth-order valence-corrected chi connectivity index (χ4v) is 3.52. The van der Waals surface area contributed by atoms with Crippen LogP contribution >= 0.6 is 0 Å². The third-order valence-electron chi connectivity index (χ3n) is 5.01. The summed E-state index contributed by atoms with van der Waals surface area (Å²) in [6.07, 6.45) is 6.51. The number of fused-ring (bicyclic) bond motifs is 1. The highest BCUT2D eigenvalue weighted by molar-refractivity contribution is 5.74. The Morgan fingerprint density at radius 1 is 1.21 bits per heavy atom. The third kappa shape index (κ3) is 2.92. The summed E-state index contributed by atoms with van der Waals surface area (Å²) in [5.41, 5.74) is 0.299. The predicted octanol–water partition coefficient (Wildman–Crippen LogP) is 1.91. The van der Waals surface area contributed by atoms with E-state index in [1.54, 1.807) is 6.20 Å². The van der Waals surface area contributed by atoms with Crippen LogP contribution in [-0.2, 0) is 5.54 Å². The highest BCUT2D eigenvalue weighted by atomic mass is 16.1. The summed E-state index contributed by atoms with van der Waals surface area (Å²) < 4.78 is 1.82. The van der Waals surface area contributed by atoms with Crippen LogP contribution in [-0.4, -0.2) is 49.8 Å². The first-order valence-corrected chi connectivity index (χ1v) is 8.91. The molecule has 2 N–H and O–H groups in total. The highest BCUT2D eigenvalue weighted by Gasteiger charge is 2.32. The average Bonchev–Trinajstić information content (AvgIpc) is 3.26. The number of nitrogens with zero attached hydrogens (tertiary/aromatic N) is 4. The van der Waals surface area contributed by atoms with Crippen LogP contribution < -0.4 is 10.9 Å². The first-order chi connectivity index (χ1) is 11.4. The minimum Gasteiger partial charge on any atom is -0.353 e. The molecule has 1 saturated heterocycles. The van der Waals surface area contributed by atoms with Gasteiger partial charge in [-0.1, -0.05) is 0 Å². The maximum atomic E-state index is 12.3. The van der Waals surface area contributed by atoms with Crippen molar-refractivity contribution in [3.63, 3.8) is 0 Å². The third-order valence-corrected chi connectivity index (χ3v) is 5.01. The van der Waals surface area contributed by atoms with Gasteiger partial charge in [0.05, 0.1) is 11.7 Å². The van der Waals surface area contributed by atoms with Crippen LogP contribution in [0.4, 0.5) is 5.95 Å². The molecule has 2 fully saturated rings. The monoisotopic (exact) mass is 330 g/mol. The minimum atomic E-state index is -0.213. The average molecular weight is 330 g/mol. The van der Waals surface area contributed by atoms with E-state index in [0.717, 1.165) is 32.0 Å². The van der Waals surface area contributed by atoms with Gasteiger partial charge in [-0.3, -0.25) is 9.78 Å². The van der Waals surface area contributed by atoms with Crippen molar-refractivity contribution in [2.24, 2.45) is 0 Å². The summed E-state index contributed by atoms with van der Waals surface area (Å²) >= 11 is 0. The molecule has 3 heterocycles. The van der Waals surface area contributed by atoms with Crippen LogP contribution in [0.2, 0.25) is 0 Å². The summed E-state index contributed by atoms with van der Waals surface area (Å²) in [6, 6.07) is 1.20. The second-order valence-corrected chi connectivity index (χ2v) is 8.06. The van der Waals surface area contributed by atoms with Gasteiger partial charge >= 0.3 is 0 Å². The van der Waals surface area contributed by atoms with Crippen molar-refractivity contribution < 1.29 is 0 Å². The number of piperidine rings is 1. The van der Waals surface area contributed by atoms with Crippen molar-refractivity contribution in [1.29, 1.82) is 0 Å². The summed E-state index contributed by atoms with van der Waals surface area (Å²) in [5, 5.41) is 8.32. The summed E-state index contributed by atoms with van der Waals surface area (Å²) in [6.45, 7) is 8.44. The van der Waals surface area contributed by atoms with Gasteiger partial charge < -0.3 is 10.2 Å². The number of likely N-dealkylation sites (tertiary alicyclic amines) is 1. The topological polar surface area (TPSA) is 78.8 Å². The Morgan fingerprint density at radius 2 is 1.92 bits per heavy atom. The van der Waals surface area contributed by atoms with Gasteiger partial charge in [-0.25, -0.2) is 4.68 Å². The molecule has 0 spiro atoms. The van der Waals surface area contributed by atoms with E-state index in [-0.39, 0.29) is 11.1 Å². The minimum absolute atomic E-state index is 0.131. The van der Waals surface area contributed by atoms with Crippen LogP contribution in [0.1, 0.15) is 46.5 Å². The number of hydrogen-bond donors (Lipinski definition) is 2. The molecule has 2 aromatic heterocycles. The van der Waals surface area contributed by atoms with Gasteiger partial charge in [0.15, 0.2) is 5.65 Å². The molecule has 0 aromatic carbocycles. The number of anilines is 1. The molecule has 0 unspecified atom stereocenters. The molecule has 7 nitrogen and oxygen atoms in total. The standard InChI is InChI=1S/C17H26N6O/c1-17(2,3)23-14-13(10-18-23)15(24)21-16(20-14)19-11-6-8-22(9-7-11)12-4-5-12/h10-12H,4-9H2,1-3H3,(H2,19,20,21,24). The normalized spacial score (nSPS) is 20.6. The number of aromatic nitrogens is 4. The van der Waals surface area contributed by atoms with Crippen LogP contribution in [0.25, 0.3) is 11.0 Å². The van der Waals surface area contributed by atoms with E-state index in [0.29, 0.717) is 23.0 Å². The van der Waals surface area contributed by atoms with Crippen molar-refractivity contribution in [3.8, 4) is 0 Å². The molecule has 24 heavy (non-hydrogen) atoms. The van der Waals surface area contributed by atoms with Gasteiger partial charge in [-0.05, 0) is 46.5 Å². The Morgan fingerprint density at radius 3 is 2.54 bits per heavy atom. The predicted molar refractivity (Wildman–Crippen MR) is 94.4 cm³/mol. The second kappa shape index (κ2) is 5.58. The van der Waals surface area contributed by atoms with Crippen molar-refractivity contribution in [2.75, 3.05) is 18.4 Å². The molecule has 4 rings (SSSR count). The quantitative estimate of drug-likeness (QED) is 0.899. The molecule has 1 saturated carbocycles. The maximum absolute atomic E-state index is 12.3. The van der Waals surface area contributed by atoms with E-state index < -0.39 is 0 Å². The van der Waals surface area contributed by atoms with Crippen LogP contribution in [0, 0.1) is 0 Å². The Hall–Kier alpha value is -1.89. The zero-order chi connectivity index (χ0) is 16.9. The van der Waals surface area contributed by atoms with E-state index in [2.05, 4.69) is 46.1 Å². The molecule has 7 heteroatoms. The number of nitrogens with one attached hydrogen (secondary N) is 2. The lowest BCUT2D eigenvalue weighted by atomic mass is 10.1. The molecule has 2 aromatic rings. The largest absolute Gasteiger partial charge is 0.353 e. The molecular weight excluding hydrogens is 304 g/mol. The molecule has 0 radical (unpaired) electrons. The van der Waals surface area contributed by atoms with Crippen LogP contribution in [0.3, 0.4) is 0 Å². The summed E-state index contributed by atoms with van der Waals surface area (Å²) in [4.78, 5) is 22.4. The van der Waals surface area contributed by atoms with E-state index in [4.69, 9.17) is 0 Å². The fourth-order valence-electron chi connectivity index (χ4n) is 3.52. The van der Waals surface area contributed by atoms with Crippen LogP contribution in [0.5, 0.6) is 0 Å². The van der Waals surface area contributed by atoms with E-state index in [9.17, 15) is 4.79 Å². The molecule has 0 atom stereocenters. The van der Waals surface area contributed by atoms with E-state index in [1.807, 2.05) is 4.68 Å². The first-order valence-electron chi connectivity index (χ1n) is 8.91. The summed E-state index contributed by atoms with van der Waals surface area (Å²) in [7, 11) is 0. The first kappa shape index (κ1) is 15.6. The molecule has 0 amide bonds. The van der Waals surface area contributed by atoms with Crippen LogP contribution in [0.15, 0.2) is 11.0 Å². The lowest BCUT2D eigenvalue weighted by Crippen LogP contribution is -2.40. The fraction of sp³-hybridized carbons (Fsp3) is 0.706. The van der Waals surface area contributed by atoms with Gasteiger partial charge in [-0.15, -0.1) is 0 Å². The number of H-pyrrole nitrogens is 1. The summed E-state index contributed by atoms with van der Waals surface area (Å²) in [5.74, 6) is 0.559. The van der Waals surface area contributed by atoms with Crippen molar-refractivity contribution in [1.82, 2.24) is 24.6 Å². The molecule has 130 valence electrons. The lowest BCUT2D eigenvalue weighted by Gasteiger charge is -2.32. The van der Waals surface area contributed by atoms with Crippen molar-refractivity contribution in [3.05, 3.63) is 16.6 Å². The van der Waals surface area contributed by atoms with Gasteiger partial charge in [0, 0.05) is 25.2 Å². The zero-order valence-electron chi connectivity index (χ0n) is 14.7. The Kier molecular flexibility index (Phi) is 3.63. The van der Waals surface area contributed by atoms with Gasteiger partial charge in [0.25, 0.3) is 5.56 Å². The Bertz CT molecular complexity index is 789. The molecular formula is C17H26N6O. The molecule has 1 aliphatic heterocycles.